The largest absolute Gasteiger partial charge is 0.423 e. The van der Waals surface area contributed by atoms with Crippen molar-refractivity contribution in [2.45, 2.75) is 0 Å². The SMILES string of the molecule is O=C(Nc1ccccc1Nc1cc(=O)oc2ccc([N+](=O)[O-])cc12)c1ccc(I)cc1. The number of fused-ring (bicyclic) bond motifs is 1. The summed E-state index contributed by atoms with van der Waals surface area (Å²) in [5.74, 6) is -0.293. The number of hydrogen-bond donors (Lipinski definition) is 2. The standard InChI is InChI=1S/C22H14IN3O5/c23-14-7-5-13(6-8-14)22(28)25-18-4-2-1-3-17(18)24-19-12-21(27)31-20-10-9-15(26(29)30)11-16(19)20/h1-12,24H,(H,25,28). The maximum Gasteiger partial charge on any atom is 0.338 e. The topological polar surface area (TPSA) is 114 Å². The van der Waals surface area contributed by atoms with Crippen LogP contribution in [0.3, 0.4) is 0 Å². The summed E-state index contributed by atoms with van der Waals surface area (Å²) >= 11 is 2.16. The zero-order valence-corrected chi connectivity index (χ0v) is 18.0. The molecule has 0 atom stereocenters. The highest BCUT2D eigenvalue weighted by atomic mass is 127. The van der Waals surface area contributed by atoms with Crippen LogP contribution in [0.1, 0.15) is 10.4 Å². The van der Waals surface area contributed by atoms with E-state index in [-0.39, 0.29) is 17.2 Å². The minimum Gasteiger partial charge on any atom is -0.423 e. The lowest BCUT2D eigenvalue weighted by Gasteiger charge is -2.14. The van der Waals surface area contributed by atoms with Crippen molar-refractivity contribution in [3.05, 3.63) is 102 Å². The van der Waals surface area contributed by atoms with Gasteiger partial charge in [-0.1, -0.05) is 12.1 Å². The van der Waals surface area contributed by atoms with E-state index in [0.29, 0.717) is 28.0 Å². The first-order chi connectivity index (χ1) is 14.9. The van der Waals surface area contributed by atoms with E-state index in [1.807, 2.05) is 12.1 Å². The number of non-ortho nitro benzene ring substituents is 1. The summed E-state index contributed by atoms with van der Waals surface area (Å²) < 4.78 is 6.16. The first-order valence-corrected chi connectivity index (χ1v) is 10.1. The Balaban J connectivity index is 1.70. The second-order valence-corrected chi connectivity index (χ2v) is 7.79. The highest BCUT2D eigenvalue weighted by Crippen LogP contribution is 2.31. The summed E-state index contributed by atoms with van der Waals surface area (Å²) in [6.45, 7) is 0. The van der Waals surface area contributed by atoms with Gasteiger partial charge in [-0.25, -0.2) is 4.79 Å². The number of hydrogen-bond acceptors (Lipinski definition) is 6. The second kappa shape index (κ2) is 8.56. The first-order valence-electron chi connectivity index (χ1n) is 9.06. The molecule has 0 saturated carbocycles. The summed E-state index contributed by atoms with van der Waals surface area (Å²) in [6.07, 6.45) is 0. The Morgan fingerprint density at radius 3 is 2.35 bits per heavy atom. The number of amides is 1. The maximum absolute atomic E-state index is 12.6. The zero-order chi connectivity index (χ0) is 22.0. The first kappa shape index (κ1) is 20.5. The second-order valence-electron chi connectivity index (χ2n) is 6.55. The third kappa shape index (κ3) is 4.56. The van der Waals surface area contributed by atoms with Gasteiger partial charge in [0.25, 0.3) is 11.6 Å². The number of nitrogens with one attached hydrogen (secondary N) is 2. The number of benzene rings is 3. The van der Waals surface area contributed by atoms with Crippen LogP contribution in [0.5, 0.6) is 0 Å². The Kier molecular flexibility index (Phi) is 5.67. The van der Waals surface area contributed by atoms with Crippen molar-refractivity contribution in [3.63, 3.8) is 0 Å². The molecule has 31 heavy (non-hydrogen) atoms. The Hall–Kier alpha value is -3.73. The molecule has 0 saturated heterocycles. The van der Waals surface area contributed by atoms with Crippen LogP contribution in [0, 0.1) is 13.7 Å². The van der Waals surface area contributed by atoms with E-state index in [2.05, 4.69) is 33.2 Å². The van der Waals surface area contributed by atoms with Gasteiger partial charge in [-0.15, -0.1) is 0 Å². The van der Waals surface area contributed by atoms with E-state index in [1.165, 1.54) is 24.3 Å². The van der Waals surface area contributed by atoms with E-state index >= 15 is 0 Å². The summed E-state index contributed by atoms with van der Waals surface area (Å²) in [5.41, 5.74) is 1.29. The predicted octanol–water partition coefficient (Wildman–Crippen LogP) is 5.30. The number of anilines is 3. The number of nitrogens with zero attached hydrogens (tertiary/aromatic N) is 1. The van der Waals surface area contributed by atoms with E-state index < -0.39 is 10.5 Å². The summed E-state index contributed by atoms with van der Waals surface area (Å²) in [4.78, 5) is 35.2. The van der Waals surface area contributed by atoms with Crippen molar-refractivity contribution in [3.8, 4) is 0 Å². The van der Waals surface area contributed by atoms with Crippen LogP contribution in [-0.2, 0) is 0 Å². The highest BCUT2D eigenvalue weighted by molar-refractivity contribution is 14.1. The molecule has 9 heteroatoms. The molecule has 1 aromatic heterocycles. The normalized spacial score (nSPS) is 10.6. The van der Waals surface area contributed by atoms with Crippen LogP contribution in [0.2, 0.25) is 0 Å². The lowest BCUT2D eigenvalue weighted by atomic mass is 10.1. The van der Waals surface area contributed by atoms with Crippen LogP contribution in [-0.4, -0.2) is 10.8 Å². The van der Waals surface area contributed by atoms with Gasteiger partial charge in [-0.05, 0) is 65.1 Å². The molecule has 2 N–H and O–H groups in total. The summed E-state index contributed by atoms with van der Waals surface area (Å²) in [5, 5.41) is 17.5. The lowest BCUT2D eigenvalue weighted by molar-refractivity contribution is -0.384. The number of carbonyl (C=O) groups excluding carboxylic acids is 1. The van der Waals surface area contributed by atoms with Crippen LogP contribution >= 0.6 is 22.6 Å². The minimum absolute atomic E-state index is 0.135. The van der Waals surface area contributed by atoms with Gasteiger partial charge < -0.3 is 15.1 Å². The van der Waals surface area contributed by atoms with Crippen LogP contribution < -0.4 is 16.3 Å². The third-order valence-corrected chi connectivity index (χ3v) is 5.21. The molecule has 0 unspecified atom stereocenters. The monoisotopic (exact) mass is 527 g/mol. The fourth-order valence-electron chi connectivity index (χ4n) is 3.01. The highest BCUT2D eigenvalue weighted by Gasteiger charge is 2.14. The van der Waals surface area contributed by atoms with Crippen LogP contribution in [0.25, 0.3) is 11.0 Å². The van der Waals surface area contributed by atoms with Crippen molar-refractivity contribution in [2.75, 3.05) is 10.6 Å². The summed E-state index contributed by atoms with van der Waals surface area (Å²) in [6, 6.07) is 19.3. The van der Waals surface area contributed by atoms with Gasteiger partial charge in [0.2, 0.25) is 0 Å². The molecule has 0 radical (unpaired) electrons. The molecule has 3 aromatic carbocycles. The fourth-order valence-corrected chi connectivity index (χ4v) is 3.37. The molecule has 4 aromatic rings. The van der Waals surface area contributed by atoms with Gasteiger partial charge in [0.05, 0.1) is 22.0 Å². The molecule has 0 aliphatic heterocycles. The van der Waals surface area contributed by atoms with Crippen molar-refractivity contribution in [2.24, 2.45) is 0 Å². The van der Waals surface area contributed by atoms with E-state index in [1.54, 1.807) is 36.4 Å². The Morgan fingerprint density at radius 1 is 0.935 bits per heavy atom. The van der Waals surface area contributed by atoms with Crippen LogP contribution in [0.15, 0.2) is 82.0 Å². The van der Waals surface area contributed by atoms with Crippen molar-refractivity contribution < 1.29 is 14.1 Å². The average molecular weight is 527 g/mol. The number of rotatable bonds is 5. The van der Waals surface area contributed by atoms with Gasteiger partial charge in [-0.2, -0.15) is 0 Å². The van der Waals surface area contributed by atoms with E-state index in [9.17, 15) is 19.7 Å². The van der Waals surface area contributed by atoms with E-state index in [0.717, 1.165) is 3.57 Å². The number of nitro groups is 1. The number of para-hydroxylation sites is 2. The van der Waals surface area contributed by atoms with Gasteiger partial charge in [-0.3, -0.25) is 14.9 Å². The molecule has 0 spiro atoms. The zero-order valence-electron chi connectivity index (χ0n) is 15.8. The van der Waals surface area contributed by atoms with Crippen molar-refractivity contribution in [1.29, 1.82) is 0 Å². The van der Waals surface area contributed by atoms with Gasteiger partial charge in [0.1, 0.15) is 5.58 Å². The molecular formula is C22H14IN3O5. The molecule has 154 valence electrons. The quantitative estimate of drug-likeness (QED) is 0.158. The molecule has 0 aliphatic rings. The molecular weight excluding hydrogens is 513 g/mol. The molecule has 4 rings (SSSR count). The summed E-state index contributed by atoms with van der Waals surface area (Å²) in [7, 11) is 0. The third-order valence-electron chi connectivity index (χ3n) is 4.49. The molecule has 0 aliphatic carbocycles. The van der Waals surface area contributed by atoms with Crippen molar-refractivity contribution in [1.82, 2.24) is 0 Å². The van der Waals surface area contributed by atoms with E-state index in [4.69, 9.17) is 4.42 Å². The Bertz CT molecular complexity index is 1370. The van der Waals surface area contributed by atoms with Gasteiger partial charge in [0, 0.05) is 32.7 Å². The smallest absolute Gasteiger partial charge is 0.338 e. The fraction of sp³-hybridized carbons (Fsp3) is 0. The lowest BCUT2D eigenvalue weighted by Crippen LogP contribution is -2.13. The maximum atomic E-state index is 12.6. The number of halogens is 1. The minimum atomic E-state index is -0.607. The van der Waals surface area contributed by atoms with Crippen LogP contribution in [0.4, 0.5) is 22.7 Å². The molecule has 1 heterocycles. The predicted molar refractivity (Wildman–Crippen MR) is 126 cm³/mol. The molecule has 8 nitrogen and oxygen atoms in total. The molecule has 1 amide bonds. The van der Waals surface area contributed by atoms with Gasteiger partial charge in [0.15, 0.2) is 0 Å². The number of carbonyl (C=O) groups is 1. The number of nitro benzene ring substituents is 1. The Morgan fingerprint density at radius 2 is 1.65 bits per heavy atom. The van der Waals surface area contributed by atoms with Gasteiger partial charge >= 0.3 is 5.63 Å². The molecule has 0 bridgehead atoms. The average Bonchev–Trinajstić information content (AvgIpc) is 2.75. The van der Waals surface area contributed by atoms with Crippen molar-refractivity contribution >= 4 is 62.2 Å². The molecule has 0 fully saturated rings. The Labute approximate surface area is 189 Å².